The fourth-order valence-electron chi connectivity index (χ4n) is 2.42. The molecule has 0 aromatic heterocycles. The maximum atomic E-state index is 12.1. The Hall–Kier alpha value is -2.48. The predicted molar refractivity (Wildman–Crippen MR) is 74.3 cm³/mol. The first-order valence-corrected chi connectivity index (χ1v) is 6.19. The van der Waals surface area contributed by atoms with Crippen molar-refractivity contribution in [2.45, 2.75) is 6.42 Å². The largest absolute Gasteiger partial charge is 0.294 e. The molecule has 0 unspecified atom stereocenters. The van der Waals surface area contributed by atoms with Crippen LogP contribution in [-0.4, -0.2) is 11.6 Å². The summed E-state index contributed by atoms with van der Waals surface area (Å²) in [4.78, 5) is 24.2. The van der Waals surface area contributed by atoms with E-state index in [1.807, 2.05) is 60.7 Å². The average Bonchev–Trinajstić information content (AvgIpc) is 2.75. The van der Waals surface area contributed by atoms with E-state index in [1.165, 1.54) is 0 Å². The molecular formula is C17H12O2. The summed E-state index contributed by atoms with van der Waals surface area (Å²) in [6.07, 6.45) is -0.0194. The molecule has 3 rings (SSSR count). The molecule has 0 aliphatic heterocycles. The van der Waals surface area contributed by atoms with Gasteiger partial charge in [0.1, 0.15) is 0 Å². The van der Waals surface area contributed by atoms with E-state index in [-0.39, 0.29) is 18.0 Å². The van der Waals surface area contributed by atoms with Gasteiger partial charge in [-0.1, -0.05) is 60.7 Å². The Morgan fingerprint density at radius 1 is 0.579 bits per heavy atom. The summed E-state index contributed by atoms with van der Waals surface area (Å²) < 4.78 is 0. The Morgan fingerprint density at radius 3 is 1.32 bits per heavy atom. The molecule has 1 aliphatic carbocycles. The van der Waals surface area contributed by atoms with E-state index >= 15 is 0 Å². The molecule has 0 saturated heterocycles. The van der Waals surface area contributed by atoms with Crippen molar-refractivity contribution < 1.29 is 9.59 Å². The first-order valence-electron chi connectivity index (χ1n) is 6.19. The number of rotatable bonds is 2. The Kier molecular flexibility index (Phi) is 2.84. The van der Waals surface area contributed by atoms with Gasteiger partial charge < -0.3 is 0 Å². The van der Waals surface area contributed by atoms with Crippen molar-refractivity contribution >= 4 is 22.7 Å². The second kappa shape index (κ2) is 4.65. The van der Waals surface area contributed by atoms with Gasteiger partial charge in [0.25, 0.3) is 0 Å². The van der Waals surface area contributed by atoms with Crippen LogP contribution in [0.15, 0.2) is 60.7 Å². The minimum atomic E-state index is -0.0879. The summed E-state index contributed by atoms with van der Waals surface area (Å²) in [7, 11) is 0. The molecule has 0 amide bonds. The normalized spacial score (nSPS) is 15.2. The lowest BCUT2D eigenvalue weighted by atomic mass is 9.96. The maximum absolute atomic E-state index is 12.1. The Bertz CT molecular complexity index is 607. The lowest BCUT2D eigenvalue weighted by molar-refractivity contribution is -0.119. The molecule has 2 heteroatoms. The standard InChI is InChI=1S/C17H12O2/c18-14-11-15(19)17(13-9-5-2-6-10-13)16(14)12-7-3-1-4-8-12/h1-10H,11H2. The lowest BCUT2D eigenvalue weighted by Gasteiger charge is -2.05. The lowest BCUT2D eigenvalue weighted by Crippen LogP contribution is -1.96. The topological polar surface area (TPSA) is 34.1 Å². The van der Waals surface area contributed by atoms with Crippen LogP contribution in [0.5, 0.6) is 0 Å². The quantitative estimate of drug-likeness (QED) is 0.765. The molecule has 2 aromatic rings. The average molecular weight is 248 g/mol. The van der Waals surface area contributed by atoms with E-state index in [0.717, 1.165) is 11.1 Å². The van der Waals surface area contributed by atoms with Crippen LogP contribution in [0.25, 0.3) is 11.1 Å². The fraction of sp³-hybridized carbons (Fsp3) is 0.0588. The van der Waals surface area contributed by atoms with Crippen molar-refractivity contribution in [1.29, 1.82) is 0 Å². The smallest absolute Gasteiger partial charge is 0.171 e. The van der Waals surface area contributed by atoms with Gasteiger partial charge in [-0.15, -0.1) is 0 Å². The van der Waals surface area contributed by atoms with E-state index in [2.05, 4.69) is 0 Å². The zero-order valence-corrected chi connectivity index (χ0v) is 10.3. The van der Waals surface area contributed by atoms with Crippen LogP contribution in [0, 0.1) is 0 Å². The number of hydrogen-bond acceptors (Lipinski definition) is 2. The van der Waals surface area contributed by atoms with Crippen LogP contribution in [0.2, 0.25) is 0 Å². The molecule has 92 valence electrons. The predicted octanol–water partition coefficient (Wildman–Crippen LogP) is 3.14. The van der Waals surface area contributed by atoms with Gasteiger partial charge in [0.2, 0.25) is 0 Å². The molecule has 1 aliphatic rings. The summed E-state index contributed by atoms with van der Waals surface area (Å²) in [6.45, 7) is 0. The minimum absolute atomic E-state index is 0.0194. The highest BCUT2D eigenvalue weighted by atomic mass is 16.2. The second-order valence-corrected chi connectivity index (χ2v) is 4.51. The van der Waals surface area contributed by atoms with Crippen molar-refractivity contribution in [3.63, 3.8) is 0 Å². The molecule has 19 heavy (non-hydrogen) atoms. The van der Waals surface area contributed by atoms with E-state index < -0.39 is 0 Å². The Balaban J connectivity index is 2.24. The van der Waals surface area contributed by atoms with Gasteiger partial charge in [-0.3, -0.25) is 9.59 Å². The molecule has 0 heterocycles. The van der Waals surface area contributed by atoms with Crippen molar-refractivity contribution in [3.8, 4) is 0 Å². The number of Topliss-reactive ketones (excluding diaryl/α,β-unsaturated/α-hetero) is 2. The van der Waals surface area contributed by atoms with Gasteiger partial charge in [0.05, 0.1) is 6.42 Å². The van der Waals surface area contributed by atoms with Crippen molar-refractivity contribution in [3.05, 3.63) is 71.8 Å². The van der Waals surface area contributed by atoms with E-state index in [9.17, 15) is 9.59 Å². The first kappa shape index (κ1) is 11.6. The zero-order chi connectivity index (χ0) is 13.2. The zero-order valence-electron chi connectivity index (χ0n) is 10.3. The molecule has 0 atom stereocenters. The summed E-state index contributed by atoms with van der Waals surface area (Å²) >= 11 is 0. The number of carbonyl (C=O) groups is 2. The number of benzene rings is 2. The van der Waals surface area contributed by atoms with Crippen LogP contribution in [0.3, 0.4) is 0 Å². The van der Waals surface area contributed by atoms with Gasteiger partial charge in [-0.2, -0.15) is 0 Å². The second-order valence-electron chi connectivity index (χ2n) is 4.51. The van der Waals surface area contributed by atoms with Crippen molar-refractivity contribution in [2.24, 2.45) is 0 Å². The highest BCUT2D eigenvalue weighted by molar-refractivity contribution is 6.50. The number of carbonyl (C=O) groups excluding carboxylic acids is 2. The highest BCUT2D eigenvalue weighted by Gasteiger charge is 2.31. The summed E-state index contributed by atoms with van der Waals surface area (Å²) in [5.74, 6) is -0.176. The summed E-state index contributed by atoms with van der Waals surface area (Å²) in [5, 5.41) is 0. The molecule has 0 spiro atoms. The van der Waals surface area contributed by atoms with Gasteiger partial charge in [0, 0.05) is 11.1 Å². The molecule has 0 N–H and O–H groups in total. The molecular weight excluding hydrogens is 236 g/mol. The maximum Gasteiger partial charge on any atom is 0.171 e. The van der Waals surface area contributed by atoms with Gasteiger partial charge in [-0.05, 0) is 11.1 Å². The molecule has 2 nitrogen and oxygen atoms in total. The van der Waals surface area contributed by atoms with Crippen molar-refractivity contribution in [2.75, 3.05) is 0 Å². The molecule has 0 radical (unpaired) electrons. The van der Waals surface area contributed by atoms with Gasteiger partial charge in [0.15, 0.2) is 11.6 Å². The summed E-state index contributed by atoms with van der Waals surface area (Å²) in [5.41, 5.74) is 2.74. The van der Waals surface area contributed by atoms with Crippen LogP contribution < -0.4 is 0 Å². The van der Waals surface area contributed by atoms with Crippen LogP contribution >= 0.6 is 0 Å². The van der Waals surface area contributed by atoms with Crippen LogP contribution in [0.1, 0.15) is 17.5 Å². The first-order chi connectivity index (χ1) is 9.27. The van der Waals surface area contributed by atoms with Crippen LogP contribution in [0.4, 0.5) is 0 Å². The number of allylic oxidation sites excluding steroid dienone is 2. The fourth-order valence-corrected chi connectivity index (χ4v) is 2.42. The molecule has 2 aromatic carbocycles. The number of hydrogen-bond donors (Lipinski definition) is 0. The Labute approximate surface area is 111 Å². The third kappa shape index (κ3) is 2.02. The summed E-state index contributed by atoms with van der Waals surface area (Å²) in [6, 6.07) is 18.8. The highest BCUT2D eigenvalue weighted by Crippen LogP contribution is 2.34. The number of ketones is 2. The molecule has 0 bridgehead atoms. The SMILES string of the molecule is O=C1CC(=O)C(c2ccccc2)=C1c1ccccc1. The Morgan fingerprint density at radius 2 is 0.947 bits per heavy atom. The van der Waals surface area contributed by atoms with Gasteiger partial charge in [-0.25, -0.2) is 0 Å². The third-order valence-electron chi connectivity index (χ3n) is 3.25. The van der Waals surface area contributed by atoms with E-state index in [0.29, 0.717) is 11.1 Å². The van der Waals surface area contributed by atoms with Crippen LogP contribution in [-0.2, 0) is 9.59 Å². The monoisotopic (exact) mass is 248 g/mol. The van der Waals surface area contributed by atoms with Crippen molar-refractivity contribution in [1.82, 2.24) is 0 Å². The van der Waals surface area contributed by atoms with E-state index in [4.69, 9.17) is 0 Å². The van der Waals surface area contributed by atoms with Gasteiger partial charge >= 0.3 is 0 Å². The minimum Gasteiger partial charge on any atom is -0.294 e. The third-order valence-corrected chi connectivity index (χ3v) is 3.25. The van der Waals surface area contributed by atoms with E-state index in [1.54, 1.807) is 0 Å². The molecule has 0 saturated carbocycles. The molecule has 0 fully saturated rings.